The topological polar surface area (TPSA) is 36.7 Å². The standard InChI is InChI=1S/C14H9F3N2/c15-14(16,17)13-8-11(4-3-10(13)5-6-18)12-2-1-7-19-9-12/h1-4,7-9H,5H2. The van der Waals surface area contributed by atoms with Gasteiger partial charge in [-0.1, -0.05) is 18.2 Å². The first kappa shape index (κ1) is 13.1. The van der Waals surface area contributed by atoms with Crippen molar-refractivity contribution in [1.29, 1.82) is 5.26 Å². The molecule has 0 aliphatic heterocycles. The Labute approximate surface area is 108 Å². The number of aromatic nitrogens is 1. The van der Waals surface area contributed by atoms with Gasteiger partial charge in [0.15, 0.2) is 0 Å². The monoisotopic (exact) mass is 262 g/mol. The molecule has 2 nitrogen and oxygen atoms in total. The molecule has 2 aromatic rings. The summed E-state index contributed by atoms with van der Waals surface area (Å²) >= 11 is 0. The van der Waals surface area contributed by atoms with Crippen molar-refractivity contribution in [1.82, 2.24) is 4.98 Å². The zero-order chi connectivity index (χ0) is 13.9. The molecule has 1 heterocycles. The third-order valence-corrected chi connectivity index (χ3v) is 2.68. The number of pyridine rings is 1. The summed E-state index contributed by atoms with van der Waals surface area (Å²) in [6, 6.07) is 9.06. The minimum absolute atomic E-state index is 0.0114. The Morgan fingerprint density at radius 2 is 1.95 bits per heavy atom. The van der Waals surface area contributed by atoms with E-state index in [-0.39, 0.29) is 12.0 Å². The van der Waals surface area contributed by atoms with Crippen molar-refractivity contribution in [2.45, 2.75) is 12.6 Å². The van der Waals surface area contributed by atoms with Crippen LogP contribution in [0.5, 0.6) is 0 Å². The molecular formula is C14H9F3N2. The fourth-order valence-corrected chi connectivity index (χ4v) is 1.79. The van der Waals surface area contributed by atoms with Crippen LogP contribution in [0.3, 0.4) is 0 Å². The van der Waals surface area contributed by atoms with Gasteiger partial charge in [0.2, 0.25) is 0 Å². The largest absolute Gasteiger partial charge is 0.416 e. The van der Waals surface area contributed by atoms with Gasteiger partial charge >= 0.3 is 6.18 Å². The Morgan fingerprint density at radius 3 is 2.53 bits per heavy atom. The van der Waals surface area contributed by atoms with Gasteiger partial charge in [-0.25, -0.2) is 0 Å². The number of nitriles is 1. The second kappa shape index (κ2) is 5.11. The van der Waals surface area contributed by atoms with Gasteiger partial charge in [-0.15, -0.1) is 0 Å². The molecule has 1 aromatic carbocycles. The van der Waals surface area contributed by atoms with E-state index < -0.39 is 11.7 Å². The van der Waals surface area contributed by atoms with Crippen LogP contribution in [0.2, 0.25) is 0 Å². The highest BCUT2D eigenvalue weighted by molar-refractivity contribution is 5.64. The van der Waals surface area contributed by atoms with E-state index in [2.05, 4.69) is 4.98 Å². The Bertz CT molecular complexity index is 613. The van der Waals surface area contributed by atoms with E-state index in [0.29, 0.717) is 11.1 Å². The lowest BCUT2D eigenvalue weighted by molar-refractivity contribution is -0.138. The van der Waals surface area contributed by atoms with E-state index in [1.807, 2.05) is 0 Å². The molecule has 0 amide bonds. The summed E-state index contributed by atoms with van der Waals surface area (Å²) < 4.78 is 38.8. The van der Waals surface area contributed by atoms with Gasteiger partial charge in [0, 0.05) is 18.0 Å². The van der Waals surface area contributed by atoms with Gasteiger partial charge in [0.25, 0.3) is 0 Å². The van der Waals surface area contributed by atoms with E-state index in [4.69, 9.17) is 5.26 Å². The van der Waals surface area contributed by atoms with Crippen molar-refractivity contribution < 1.29 is 13.2 Å². The molecule has 0 fully saturated rings. The van der Waals surface area contributed by atoms with Crippen LogP contribution in [0.25, 0.3) is 11.1 Å². The average Bonchev–Trinajstić information content (AvgIpc) is 2.39. The summed E-state index contributed by atoms with van der Waals surface area (Å²) in [6.45, 7) is 0. The molecule has 2 rings (SSSR count). The van der Waals surface area contributed by atoms with Gasteiger partial charge < -0.3 is 0 Å². The number of rotatable bonds is 2. The van der Waals surface area contributed by atoms with Crippen molar-refractivity contribution in [3.05, 3.63) is 53.9 Å². The molecule has 0 aliphatic rings. The van der Waals surface area contributed by atoms with Crippen molar-refractivity contribution >= 4 is 0 Å². The number of nitrogens with zero attached hydrogens (tertiary/aromatic N) is 2. The second-order valence-electron chi connectivity index (χ2n) is 3.95. The SMILES string of the molecule is N#CCc1ccc(-c2cccnc2)cc1C(F)(F)F. The van der Waals surface area contributed by atoms with Crippen LogP contribution in [-0.2, 0) is 12.6 Å². The molecule has 5 heteroatoms. The lowest BCUT2D eigenvalue weighted by Crippen LogP contribution is -2.09. The Morgan fingerprint density at radius 1 is 1.16 bits per heavy atom. The number of benzene rings is 1. The van der Waals surface area contributed by atoms with Gasteiger partial charge in [-0.2, -0.15) is 18.4 Å². The van der Waals surface area contributed by atoms with Crippen molar-refractivity contribution in [3.63, 3.8) is 0 Å². The predicted octanol–water partition coefficient (Wildman–Crippen LogP) is 3.83. The summed E-state index contributed by atoms with van der Waals surface area (Å²) in [7, 11) is 0. The second-order valence-corrected chi connectivity index (χ2v) is 3.95. The first-order valence-corrected chi connectivity index (χ1v) is 5.50. The van der Waals surface area contributed by atoms with E-state index in [0.717, 1.165) is 6.07 Å². The van der Waals surface area contributed by atoms with Crippen LogP contribution in [0, 0.1) is 11.3 Å². The third-order valence-electron chi connectivity index (χ3n) is 2.68. The van der Waals surface area contributed by atoms with E-state index in [1.54, 1.807) is 30.5 Å². The maximum Gasteiger partial charge on any atom is 0.416 e. The first-order chi connectivity index (χ1) is 9.02. The fourth-order valence-electron chi connectivity index (χ4n) is 1.79. The maximum absolute atomic E-state index is 12.9. The molecule has 0 saturated heterocycles. The Hall–Kier alpha value is -2.35. The van der Waals surface area contributed by atoms with Crippen LogP contribution < -0.4 is 0 Å². The molecule has 96 valence electrons. The molecule has 0 N–H and O–H groups in total. The summed E-state index contributed by atoms with van der Waals surface area (Å²) in [5, 5.41) is 8.57. The van der Waals surface area contributed by atoms with Crippen LogP contribution in [-0.4, -0.2) is 4.98 Å². The molecule has 19 heavy (non-hydrogen) atoms. The molecule has 0 spiro atoms. The normalized spacial score (nSPS) is 11.1. The summed E-state index contributed by atoms with van der Waals surface area (Å²) in [6.07, 6.45) is -1.68. The zero-order valence-corrected chi connectivity index (χ0v) is 9.78. The molecular weight excluding hydrogens is 253 g/mol. The first-order valence-electron chi connectivity index (χ1n) is 5.50. The van der Waals surface area contributed by atoms with Gasteiger partial charge in [0.05, 0.1) is 18.1 Å². The minimum Gasteiger partial charge on any atom is -0.264 e. The van der Waals surface area contributed by atoms with Crippen molar-refractivity contribution in [3.8, 4) is 17.2 Å². The van der Waals surface area contributed by atoms with E-state index in [9.17, 15) is 13.2 Å². The molecule has 0 radical (unpaired) electrons. The average molecular weight is 262 g/mol. The molecule has 0 saturated carbocycles. The lowest BCUT2D eigenvalue weighted by atomic mass is 9.98. The van der Waals surface area contributed by atoms with E-state index in [1.165, 1.54) is 12.3 Å². The van der Waals surface area contributed by atoms with Crippen LogP contribution in [0.4, 0.5) is 13.2 Å². The van der Waals surface area contributed by atoms with E-state index >= 15 is 0 Å². The number of hydrogen-bond acceptors (Lipinski definition) is 2. The number of hydrogen-bond donors (Lipinski definition) is 0. The molecule has 1 aromatic heterocycles. The van der Waals surface area contributed by atoms with Gasteiger partial charge in [-0.3, -0.25) is 4.98 Å². The highest BCUT2D eigenvalue weighted by atomic mass is 19.4. The lowest BCUT2D eigenvalue weighted by Gasteiger charge is -2.13. The third kappa shape index (κ3) is 2.91. The number of halogens is 3. The van der Waals surface area contributed by atoms with Crippen molar-refractivity contribution in [2.75, 3.05) is 0 Å². The quantitative estimate of drug-likeness (QED) is 0.824. The molecule has 0 aliphatic carbocycles. The molecule has 0 atom stereocenters. The summed E-state index contributed by atoms with van der Waals surface area (Å²) in [5.41, 5.74) is 0.261. The van der Waals surface area contributed by atoms with Gasteiger partial charge in [-0.05, 0) is 23.3 Å². The smallest absolute Gasteiger partial charge is 0.264 e. The van der Waals surface area contributed by atoms with Crippen LogP contribution in [0.15, 0.2) is 42.7 Å². The molecule has 0 unspecified atom stereocenters. The molecule has 0 bridgehead atoms. The van der Waals surface area contributed by atoms with Gasteiger partial charge in [0.1, 0.15) is 0 Å². The number of alkyl halides is 3. The predicted molar refractivity (Wildman–Crippen MR) is 64.0 cm³/mol. The highest BCUT2D eigenvalue weighted by Gasteiger charge is 2.33. The van der Waals surface area contributed by atoms with Crippen molar-refractivity contribution in [2.24, 2.45) is 0 Å². The van der Waals surface area contributed by atoms with Crippen LogP contribution in [0.1, 0.15) is 11.1 Å². The fraction of sp³-hybridized carbons (Fsp3) is 0.143. The minimum atomic E-state index is -4.47. The Balaban J connectivity index is 2.54. The maximum atomic E-state index is 12.9. The summed E-state index contributed by atoms with van der Waals surface area (Å²) in [5.74, 6) is 0. The zero-order valence-electron chi connectivity index (χ0n) is 9.78. The Kier molecular flexibility index (Phi) is 3.52. The van der Waals surface area contributed by atoms with Crippen LogP contribution >= 0.6 is 0 Å². The summed E-state index contributed by atoms with van der Waals surface area (Å²) in [4.78, 5) is 3.88. The highest BCUT2D eigenvalue weighted by Crippen LogP contribution is 2.35.